The Morgan fingerprint density at radius 2 is 1.41 bits per heavy atom. The molecule has 2 aromatic rings. The van der Waals surface area contributed by atoms with Crippen LogP contribution in [0.5, 0.6) is 5.75 Å². The number of rotatable bonds is 14. The second-order valence-electron chi connectivity index (χ2n) is 10.6. The molecule has 0 atom stereocenters. The van der Waals surface area contributed by atoms with Crippen LogP contribution in [0.1, 0.15) is 60.2 Å². The van der Waals surface area contributed by atoms with E-state index in [9.17, 15) is 31.2 Å². The molecule has 2 amide bonds. The first kappa shape index (κ1) is 34.6. The Hall–Kier alpha value is -3.93. The summed E-state index contributed by atoms with van der Waals surface area (Å²) in [6.07, 6.45) is 0.380. The van der Waals surface area contributed by atoms with E-state index in [1.165, 1.54) is 19.2 Å². The van der Waals surface area contributed by atoms with Crippen LogP contribution in [-0.2, 0) is 30.4 Å². The summed E-state index contributed by atoms with van der Waals surface area (Å²) in [5.74, 6) is -3.64. The highest BCUT2D eigenvalue weighted by Crippen LogP contribution is 2.47. The molecule has 1 aromatic heterocycles. The number of carboxylic acid groups (broad SMARTS) is 1. The number of hydrogen-bond acceptors (Lipinski definition) is 9. The first-order chi connectivity index (χ1) is 20.3. The maximum Gasteiger partial charge on any atom is 0.303 e. The van der Waals surface area contributed by atoms with Gasteiger partial charge in [-0.25, -0.2) is 4.98 Å². The molecule has 0 saturated carbocycles. The minimum atomic E-state index is -4.36. The Kier molecular flexibility index (Phi) is 10.5. The van der Waals surface area contributed by atoms with Crippen molar-refractivity contribution in [2.24, 2.45) is 0 Å². The molecular weight excluding hydrogens is 620 g/mol. The number of benzene rings is 1. The Morgan fingerprint density at radius 3 is 1.86 bits per heavy atom. The van der Waals surface area contributed by atoms with Gasteiger partial charge in [0.2, 0.25) is 0 Å². The molecule has 3 rings (SSSR count). The number of nitrogens with zero attached hydrogens (tertiary/aromatic N) is 2. The zero-order valence-corrected chi connectivity index (χ0v) is 26.2. The van der Waals surface area contributed by atoms with E-state index in [0.717, 1.165) is 17.0 Å². The maximum atomic E-state index is 12.9. The number of methoxy groups -OCH3 is 1. The Morgan fingerprint density at radius 1 is 0.909 bits per heavy atom. The van der Waals surface area contributed by atoms with Crippen molar-refractivity contribution < 1.29 is 54.7 Å². The fourth-order valence-electron chi connectivity index (χ4n) is 4.75. The lowest BCUT2D eigenvalue weighted by atomic mass is 9.81. The summed E-state index contributed by atoms with van der Waals surface area (Å²) in [5, 5.41) is 13.8. The van der Waals surface area contributed by atoms with Crippen molar-refractivity contribution in [2.75, 3.05) is 38.2 Å². The van der Waals surface area contributed by atoms with E-state index in [1.807, 2.05) is 31.4 Å². The number of aliphatic carboxylic acids is 1. The number of fused-ring (bicyclic) bond motifs is 1. The fourth-order valence-corrected chi connectivity index (χ4v) is 5.47. The van der Waals surface area contributed by atoms with Gasteiger partial charge in [-0.2, -0.15) is 21.4 Å². The normalized spacial score (nSPS) is 14.2. The Balaban J connectivity index is 2.10. The van der Waals surface area contributed by atoms with Gasteiger partial charge in [0.1, 0.15) is 17.9 Å². The number of hydrogen-bond donors (Lipinski definition) is 5. The third-order valence-electron chi connectivity index (χ3n) is 7.23. The zero-order valence-electron chi connectivity index (χ0n) is 24.6. The van der Waals surface area contributed by atoms with Gasteiger partial charge in [-0.05, 0) is 49.2 Å². The molecule has 240 valence electrons. The van der Waals surface area contributed by atoms with Crippen molar-refractivity contribution in [1.82, 2.24) is 15.6 Å². The van der Waals surface area contributed by atoms with Crippen molar-refractivity contribution in [3.8, 4) is 16.9 Å². The minimum Gasteiger partial charge on any atom is -0.490 e. The number of carbonyl (C=O) groups excluding carboxylic acids is 2. The SMILES string of the molecule is COc1cc(-c2cc(C(=O)NCCS(=O)(=O)O)nc(C(=O)NCCS(=O)(=O)O)c2)cc2c1[N+](CCCC(=O)O)=C(C)C2(C)C. The molecule has 2 heterocycles. The molecular formula is C27H35N4O11S2+. The van der Waals surface area contributed by atoms with Crippen molar-refractivity contribution in [3.05, 3.63) is 41.2 Å². The molecule has 44 heavy (non-hydrogen) atoms. The third kappa shape index (κ3) is 8.58. The molecule has 15 nitrogen and oxygen atoms in total. The number of aromatic nitrogens is 1. The van der Waals surface area contributed by atoms with Crippen molar-refractivity contribution in [3.63, 3.8) is 0 Å². The molecule has 0 radical (unpaired) electrons. The van der Waals surface area contributed by atoms with Crippen LogP contribution in [0.25, 0.3) is 11.1 Å². The van der Waals surface area contributed by atoms with Gasteiger partial charge in [-0.1, -0.05) is 0 Å². The summed E-state index contributed by atoms with van der Waals surface area (Å²) >= 11 is 0. The standard InChI is InChI=1S/C27H34N4O11S2/c1-16-27(2,3)19-12-17(15-22(42-4)24(19)31(16)9-5-6-23(32)33)18-13-20(25(34)28-7-10-43(36,37)38)30-21(14-18)26(35)29-8-11-44(39,40)41/h12-15H,5-11H2,1-4H3,(H4-,28,29,32,33,34,35,36,37,38,39,40,41)/p+1. The number of amides is 2. The molecule has 0 spiro atoms. The first-order valence-corrected chi connectivity index (χ1v) is 16.6. The van der Waals surface area contributed by atoms with Crippen molar-refractivity contribution >= 4 is 49.4 Å². The number of carbonyl (C=O) groups is 3. The van der Waals surface area contributed by atoms with E-state index < -0.39 is 68.0 Å². The lowest BCUT2D eigenvalue weighted by molar-refractivity contribution is -0.440. The van der Waals surface area contributed by atoms with Gasteiger partial charge in [-0.15, -0.1) is 0 Å². The van der Waals surface area contributed by atoms with Gasteiger partial charge >= 0.3 is 5.97 Å². The van der Waals surface area contributed by atoms with E-state index in [-0.39, 0.29) is 17.8 Å². The van der Waals surface area contributed by atoms with Gasteiger partial charge in [-0.3, -0.25) is 23.5 Å². The molecule has 0 saturated heterocycles. The van der Waals surface area contributed by atoms with Gasteiger partial charge in [0, 0.05) is 32.0 Å². The second kappa shape index (κ2) is 13.4. The van der Waals surface area contributed by atoms with E-state index in [4.69, 9.17) is 18.9 Å². The molecule has 1 aliphatic rings. The fraction of sp³-hybridized carbons (Fsp3) is 0.444. The molecule has 1 aromatic carbocycles. The zero-order chi connectivity index (χ0) is 33.0. The lowest BCUT2D eigenvalue weighted by Crippen LogP contribution is -2.32. The van der Waals surface area contributed by atoms with Crippen LogP contribution in [0.15, 0.2) is 24.3 Å². The number of pyridine rings is 1. The summed E-state index contributed by atoms with van der Waals surface area (Å²) in [6, 6.07) is 6.30. The highest BCUT2D eigenvalue weighted by Gasteiger charge is 2.45. The van der Waals surface area contributed by atoms with Crippen LogP contribution in [-0.4, -0.2) is 102 Å². The monoisotopic (exact) mass is 655 g/mol. The molecule has 0 fully saturated rings. The van der Waals surface area contributed by atoms with Crippen LogP contribution in [0.3, 0.4) is 0 Å². The van der Waals surface area contributed by atoms with Gasteiger partial charge in [0.05, 0.1) is 30.5 Å². The van der Waals surface area contributed by atoms with E-state index >= 15 is 0 Å². The quantitative estimate of drug-likeness (QED) is 0.143. The van der Waals surface area contributed by atoms with Crippen LogP contribution in [0.2, 0.25) is 0 Å². The largest absolute Gasteiger partial charge is 0.490 e. The second-order valence-corrected chi connectivity index (χ2v) is 13.8. The first-order valence-electron chi connectivity index (χ1n) is 13.4. The van der Waals surface area contributed by atoms with Crippen molar-refractivity contribution in [1.29, 1.82) is 0 Å². The summed E-state index contributed by atoms with van der Waals surface area (Å²) < 4.78 is 70.0. The average Bonchev–Trinajstić information content (AvgIpc) is 3.11. The molecule has 0 bridgehead atoms. The summed E-state index contributed by atoms with van der Waals surface area (Å²) in [6.45, 7) is 5.49. The van der Waals surface area contributed by atoms with Gasteiger partial charge in [0.25, 0.3) is 37.7 Å². The predicted octanol–water partition coefficient (Wildman–Crippen LogP) is 1.25. The lowest BCUT2D eigenvalue weighted by Gasteiger charge is -2.17. The summed E-state index contributed by atoms with van der Waals surface area (Å²) in [4.78, 5) is 41.0. The smallest absolute Gasteiger partial charge is 0.303 e. The highest BCUT2D eigenvalue weighted by molar-refractivity contribution is 7.86. The molecule has 0 aliphatic carbocycles. The van der Waals surface area contributed by atoms with E-state index in [0.29, 0.717) is 29.8 Å². The van der Waals surface area contributed by atoms with Gasteiger partial charge in [0.15, 0.2) is 11.5 Å². The molecule has 1 aliphatic heterocycles. The van der Waals surface area contributed by atoms with Crippen LogP contribution < -0.4 is 15.4 Å². The molecule has 17 heteroatoms. The number of nitrogens with one attached hydrogen (secondary N) is 2. The number of ether oxygens (including phenoxy) is 1. The minimum absolute atomic E-state index is 0.0128. The Bertz CT molecular complexity index is 1670. The average molecular weight is 656 g/mol. The Labute approximate surface area is 254 Å². The maximum absolute atomic E-state index is 12.9. The summed E-state index contributed by atoms with van der Waals surface area (Å²) in [5.41, 5.74) is 2.37. The predicted molar refractivity (Wildman–Crippen MR) is 159 cm³/mol. The van der Waals surface area contributed by atoms with E-state index in [2.05, 4.69) is 15.6 Å². The van der Waals surface area contributed by atoms with Crippen LogP contribution >= 0.6 is 0 Å². The summed E-state index contributed by atoms with van der Waals surface area (Å²) in [7, 11) is -7.24. The molecule has 0 unspecified atom stereocenters. The van der Waals surface area contributed by atoms with Gasteiger partial charge < -0.3 is 20.5 Å². The molecule has 5 N–H and O–H groups in total. The van der Waals surface area contributed by atoms with Crippen LogP contribution in [0, 0.1) is 0 Å². The van der Waals surface area contributed by atoms with Crippen LogP contribution in [0.4, 0.5) is 5.69 Å². The third-order valence-corrected chi connectivity index (χ3v) is 8.68. The topological polar surface area (TPSA) is 229 Å². The van der Waals surface area contributed by atoms with Crippen molar-refractivity contribution in [2.45, 2.75) is 39.0 Å². The highest BCUT2D eigenvalue weighted by atomic mass is 32.2. The number of carboxylic acids is 1. The van der Waals surface area contributed by atoms with E-state index in [1.54, 1.807) is 6.07 Å².